The fraction of sp³-hybridized carbons (Fsp3) is 0.333. The van der Waals surface area contributed by atoms with Crippen molar-refractivity contribution in [2.75, 3.05) is 31.7 Å². The van der Waals surface area contributed by atoms with Crippen LogP contribution in [0.3, 0.4) is 0 Å². The van der Waals surface area contributed by atoms with Crippen molar-refractivity contribution in [3.63, 3.8) is 0 Å². The van der Waals surface area contributed by atoms with E-state index in [0.717, 1.165) is 24.5 Å². The molecule has 0 aliphatic carbocycles. The highest BCUT2D eigenvalue weighted by Gasteiger charge is 2.22. The van der Waals surface area contributed by atoms with Crippen LogP contribution in [0.4, 0.5) is 5.82 Å². The average Bonchev–Trinajstić information content (AvgIpc) is 2.62. The van der Waals surface area contributed by atoms with Gasteiger partial charge in [-0.05, 0) is 29.8 Å². The van der Waals surface area contributed by atoms with Crippen LogP contribution in [-0.2, 0) is 11.2 Å². The number of nitrogens with two attached hydrogens (primary N) is 1. The predicted octanol–water partition coefficient (Wildman–Crippen LogP) is 1.64. The third-order valence-electron chi connectivity index (χ3n) is 4.09. The number of rotatable bonds is 5. The van der Waals surface area contributed by atoms with Crippen LogP contribution in [0.15, 0.2) is 42.6 Å². The Bertz CT molecular complexity index is 720. The van der Waals surface area contributed by atoms with Crippen molar-refractivity contribution in [1.82, 2.24) is 4.98 Å². The van der Waals surface area contributed by atoms with Gasteiger partial charge in [0.2, 0.25) is 5.91 Å². The number of carbonyl (C=O) groups excluding carboxylic acids is 1. The quantitative estimate of drug-likeness (QED) is 0.903. The molecule has 0 radical (unpaired) electrons. The van der Waals surface area contributed by atoms with Gasteiger partial charge in [0, 0.05) is 31.3 Å². The van der Waals surface area contributed by atoms with Crippen LogP contribution in [-0.4, -0.2) is 43.8 Å². The zero-order valence-corrected chi connectivity index (χ0v) is 13.6. The molecule has 2 N–H and O–H groups in total. The molecule has 2 heterocycles. The molecule has 0 bridgehead atoms. The van der Waals surface area contributed by atoms with Crippen LogP contribution < -0.4 is 15.4 Å². The number of anilines is 1. The predicted molar refractivity (Wildman–Crippen MR) is 91.4 cm³/mol. The number of methoxy groups -OCH3 is 1. The van der Waals surface area contributed by atoms with E-state index in [2.05, 4.69) is 16.0 Å². The van der Waals surface area contributed by atoms with E-state index in [9.17, 15) is 4.79 Å². The van der Waals surface area contributed by atoms with Gasteiger partial charge in [0.25, 0.3) is 0 Å². The molecule has 2 aromatic rings. The van der Waals surface area contributed by atoms with Crippen LogP contribution in [0, 0.1) is 0 Å². The summed E-state index contributed by atoms with van der Waals surface area (Å²) in [5, 5.41) is 0. The molecule has 1 aliphatic rings. The molecule has 3 rings (SSSR count). The van der Waals surface area contributed by atoms with Gasteiger partial charge in [0.05, 0.1) is 19.8 Å². The third kappa shape index (κ3) is 3.83. The maximum atomic E-state index is 11.3. The number of ether oxygens (including phenoxy) is 2. The molecule has 1 atom stereocenters. The zero-order valence-electron chi connectivity index (χ0n) is 13.6. The summed E-state index contributed by atoms with van der Waals surface area (Å²) in [4.78, 5) is 17.8. The first-order chi connectivity index (χ1) is 11.7. The Morgan fingerprint density at radius 2 is 2.29 bits per heavy atom. The Labute approximate surface area is 141 Å². The van der Waals surface area contributed by atoms with Crippen molar-refractivity contribution in [1.29, 1.82) is 0 Å². The van der Waals surface area contributed by atoms with Gasteiger partial charge in [-0.25, -0.2) is 4.98 Å². The van der Waals surface area contributed by atoms with E-state index in [1.807, 2.05) is 18.2 Å². The molecule has 1 fully saturated rings. The lowest BCUT2D eigenvalue weighted by Gasteiger charge is -2.34. The molecule has 24 heavy (non-hydrogen) atoms. The van der Waals surface area contributed by atoms with Gasteiger partial charge in [-0.15, -0.1) is 0 Å². The molecular formula is C18H21N3O3. The van der Waals surface area contributed by atoms with Crippen LogP contribution in [0.5, 0.6) is 5.75 Å². The van der Waals surface area contributed by atoms with E-state index in [0.29, 0.717) is 18.7 Å². The third-order valence-corrected chi connectivity index (χ3v) is 4.09. The molecule has 0 spiro atoms. The minimum Gasteiger partial charge on any atom is -0.497 e. The first-order valence-corrected chi connectivity index (χ1v) is 7.91. The van der Waals surface area contributed by atoms with Gasteiger partial charge in [-0.2, -0.15) is 0 Å². The lowest BCUT2D eigenvalue weighted by molar-refractivity contribution is 0.0408. The van der Waals surface area contributed by atoms with Crippen molar-refractivity contribution < 1.29 is 14.3 Å². The van der Waals surface area contributed by atoms with Crippen molar-refractivity contribution in [3.05, 3.63) is 53.7 Å². The lowest BCUT2D eigenvalue weighted by atomic mass is 10.1. The lowest BCUT2D eigenvalue weighted by Crippen LogP contribution is -2.43. The Kier molecular flexibility index (Phi) is 4.96. The summed E-state index contributed by atoms with van der Waals surface area (Å²) < 4.78 is 11.1. The second-order valence-electron chi connectivity index (χ2n) is 5.76. The highest BCUT2D eigenvalue weighted by molar-refractivity contribution is 5.93. The number of amides is 1. The number of pyridine rings is 1. The highest BCUT2D eigenvalue weighted by atomic mass is 16.5. The van der Waals surface area contributed by atoms with E-state index >= 15 is 0 Å². The van der Waals surface area contributed by atoms with E-state index in [1.165, 1.54) is 5.56 Å². The SMILES string of the molecule is COc1cccc(CC2CN(c3cc(C(N)=O)ccn3)CCO2)c1. The summed E-state index contributed by atoms with van der Waals surface area (Å²) in [7, 11) is 1.66. The van der Waals surface area contributed by atoms with E-state index in [-0.39, 0.29) is 6.10 Å². The molecular weight excluding hydrogens is 306 g/mol. The van der Waals surface area contributed by atoms with Crippen molar-refractivity contribution >= 4 is 11.7 Å². The number of hydrogen-bond acceptors (Lipinski definition) is 5. The Hall–Kier alpha value is -2.60. The molecule has 1 unspecified atom stereocenters. The molecule has 1 aromatic heterocycles. The second kappa shape index (κ2) is 7.31. The first-order valence-electron chi connectivity index (χ1n) is 7.91. The van der Waals surface area contributed by atoms with E-state index < -0.39 is 5.91 Å². The highest BCUT2D eigenvalue weighted by Crippen LogP contribution is 2.20. The van der Waals surface area contributed by atoms with Crippen LogP contribution in [0.2, 0.25) is 0 Å². The molecule has 6 heteroatoms. The summed E-state index contributed by atoms with van der Waals surface area (Å²) in [6.07, 6.45) is 2.47. The Balaban J connectivity index is 1.70. The molecule has 1 aromatic carbocycles. The minimum atomic E-state index is -0.445. The Morgan fingerprint density at radius 1 is 1.42 bits per heavy atom. The summed E-state index contributed by atoms with van der Waals surface area (Å²) in [5.74, 6) is 1.15. The average molecular weight is 327 g/mol. The molecule has 1 amide bonds. The number of carbonyl (C=O) groups is 1. The van der Waals surface area contributed by atoms with E-state index in [1.54, 1.807) is 25.4 Å². The van der Waals surface area contributed by atoms with Crippen LogP contribution >= 0.6 is 0 Å². The van der Waals surface area contributed by atoms with Gasteiger partial charge in [0.1, 0.15) is 11.6 Å². The monoisotopic (exact) mass is 327 g/mol. The smallest absolute Gasteiger partial charge is 0.248 e. The number of hydrogen-bond donors (Lipinski definition) is 1. The maximum Gasteiger partial charge on any atom is 0.248 e. The van der Waals surface area contributed by atoms with Gasteiger partial charge in [-0.3, -0.25) is 4.79 Å². The summed E-state index contributed by atoms with van der Waals surface area (Å²) >= 11 is 0. The number of morpholine rings is 1. The number of benzene rings is 1. The molecule has 1 aliphatic heterocycles. The standard InChI is InChI=1S/C18H21N3O3/c1-23-15-4-2-3-13(9-15)10-16-12-21(7-8-24-16)17-11-14(18(19)22)5-6-20-17/h2-6,9,11,16H,7-8,10,12H2,1H3,(H2,19,22). The fourth-order valence-electron chi connectivity index (χ4n) is 2.86. The topological polar surface area (TPSA) is 77.7 Å². The van der Waals surface area contributed by atoms with Crippen LogP contribution in [0.1, 0.15) is 15.9 Å². The van der Waals surface area contributed by atoms with Crippen molar-refractivity contribution in [3.8, 4) is 5.75 Å². The normalized spacial score (nSPS) is 17.5. The fourth-order valence-corrected chi connectivity index (χ4v) is 2.86. The number of aromatic nitrogens is 1. The largest absolute Gasteiger partial charge is 0.497 e. The van der Waals surface area contributed by atoms with Gasteiger partial charge >= 0.3 is 0 Å². The maximum absolute atomic E-state index is 11.3. The molecule has 1 saturated heterocycles. The summed E-state index contributed by atoms with van der Waals surface area (Å²) in [6.45, 7) is 2.08. The molecule has 0 saturated carbocycles. The summed E-state index contributed by atoms with van der Waals surface area (Å²) in [6, 6.07) is 11.4. The van der Waals surface area contributed by atoms with Gasteiger partial charge in [-0.1, -0.05) is 12.1 Å². The summed E-state index contributed by atoms with van der Waals surface area (Å²) in [5.41, 5.74) is 6.98. The second-order valence-corrected chi connectivity index (χ2v) is 5.76. The first kappa shape index (κ1) is 16.3. The van der Waals surface area contributed by atoms with Crippen molar-refractivity contribution in [2.24, 2.45) is 5.73 Å². The van der Waals surface area contributed by atoms with Gasteiger partial charge in [0.15, 0.2) is 0 Å². The molecule has 6 nitrogen and oxygen atoms in total. The zero-order chi connectivity index (χ0) is 16.9. The number of primary amides is 1. The van der Waals surface area contributed by atoms with E-state index in [4.69, 9.17) is 15.2 Å². The Morgan fingerprint density at radius 3 is 3.08 bits per heavy atom. The van der Waals surface area contributed by atoms with Crippen LogP contribution in [0.25, 0.3) is 0 Å². The van der Waals surface area contributed by atoms with Crippen molar-refractivity contribution in [2.45, 2.75) is 12.5 Å². The molecule has 126 valence electrons. The minimum absolute atomic E-state index is 0.0601. The number of nitrogens with zero attached hydrogens (tertiary/aromatic N) is 2. The van der Waals surface area contributed by atoms with Gasteiger partial charge < -0.3 is 20.1 Å².